The summed E-state index contributed by atoms with van der Waals surface area (Å²) in [5.41, 5.74) is 5.32. The molecule has 0 aromatic heterocycles. The van der Waals surface area contributed by atoms with E-state index in [1.807, 2.05) is 45.9 Å². The Kier molecular flexibility index (Phi) is 7.64. The molecule has 4 rings (SSSR count). The smallest absolute Gasteiger partial charge is 0.335 e. The summed E-state index contributed by atoms with van der Waals surface area (Å²) < 4.78 is 5.56. The minimum Gasteiger partial charge on any atom is -0.482 e. The summed E-state index contributed by atoms with van der Waals surface area (Å²) >= 11 is 6.35. The van der Waals surface area contributed by atoms with Crippen molar-refractivity contribution in [1.29, 1.82) is 0 Å². The Bertz CT molecular complexity index is 1510. The molecule has 0 saturated carbocycles. The van der Waals surface area contributed by atoms with Crippen LogP contribution in [-0.2, 0) is 14.4 Å². The zero-order valence-corrected chi connectivity index (χ0v) is 22.1. The Labute approximate surface area is 225 Å². The third-order valence-electron chi connectivity index (χ3n) is 6.27. The van der Waals surface area contributed by atoms with Crippen LogP contribution in [0.3, 0.4) is 0 Å². The van der Waals surface area contributed by atoms with E-state index in [-0.39, 0.29) is 28.9 Å². The van der Waals surface area contributed by atoms with Crippen molar-refractivity contribution in [2.75, 3.05) is 16.8 Å². The van der Waals surface area contributed by atoms with Gasteiger partial charge < -0.3 is 10.1 Å². The fourth-order valence-corrected chi connectivity index (χ4v) is 4.05. The highest BCUT2D eigenvalue weighted by atomic mass is 35.5. The number of ether oxygens (including phenoxy) is 1. The predicted molar refractivity (Wildman–Crippen MR) is 146 cm³/mol. The van der Waals surface area contributed by atoms with Crippen molar-refractivity contribution in [3.05, 3.63) is 93.0 Å². The van der Waals surface area contributed by atoms with Crippen LogP contribution < -0.4 is 20.3 Å². The second-order valence-electron chi connectivity index (χ2n) is 9.05. The fourth-order valence-electron chi connectivity index (χ4n) is 3.81. The summed E-state index contributed by atoms with van der Waals surface area (Å²) in [7, 11) is 0. The molecule has 5 amide bonds. The molecule has 194 valence electrons. The third-order valence-corrected chi connectivity index (χ3v) is 6.56. The number of anilines is 2. The molecule has 1 fully saturated rings. The minimum absolute atomic E-state index is 0.184. The van der Waals surface area contributed by atoms with Crippen LogP contribution in [0.1, 0.15) is 27.8 Å². The molecule has 3 aromatic rings. The van der Waals surface area contributed by atoms with Crippen LogP contribution in [-0.4, -0.2) is 30.4 Å². The summed E-state index contributed by atoms with van der Waals surface area (Å²) in [6.45, 7) is 7.47. The quantitative estimate of drug-likeness (QED) is 0.333. The highest BCUT2D eigenvalue weighted by Gasteiger charge is 2.36. The summed E-state index contributed by atoms with van der Waals surface area (Å²) in [5, 5.41) is 5.16. The van der Waals surface area contributed by atoms with Gasteiger partial charge in [-0.05, 0) is 98.0 Å². The highest BCUT2D eigenvalue weighted by molar-refractivity contribution is 6.39. The van der Waals surface area contributed by atoms with Crippen molar-refractivity contribution >= 4 is 52.8 Å². The predicted octanol–water partition coefficient (Wildman–Crippen LogP) is 5.26. The molecule has 1 heterocycles. The van der Waals surface area contributed by atoms with Gasteiger partial charge in [0.15, 0.2) is 6.61 Å². The summed E-state index contributed by atoms with van der Waals surface area (Å²) in [5.74, 6) is -1.65. The van der Waals surface area contributed by atoms with E-state index in [9.17, 15) is 19.2 Å². The molecule has 0 atom stereocenters. The molecular formula is C29H26ClN3O5. The van der Waals surface area contributed by atoms with Crippen molar-refractivity contribution in [2.45, 2.75) is 27.7 Å². The number of barbiturate groups is 1. The molecular weight excluding hydrogens is 506 g/mol. The zero-order valence-electron chi connectivity index (χ0n) is 21.3. The van der Waals surface area contributed by atoms with E-state index >= 15 is 0 Å². The number of nitrogens with one attached hydrogen (secondary N) is 2. The molecule has 0 radical (unpaired) electrons. The maximum Gasteiger partial charge on any atom is 0.335 e. The Morgan fingerprint density at radius 2 is 1.61 bits per heavy atom. The van der Waals surface area contributed by atoms with Gasteiger partial charge in [0, 0.05) is 5.69 Å². The van der Waals surface area contributed by atoms with E-state index in [1.54, 1.807) is 24.3 Å². The van der Waals surface area contributed by atoms with Gasteiger partial charge in [-0.3, -0.25) is 19.7 Å². The van der Waals surface area contributed by atoms with Gasteiger partial charge in [0.25, 0.3) is 17.7 Å². The molecule has 38 heavy (non-hydrogen) atoms. The summed E-state index contributed by atoms with van der Waals surface area (Å²) in [6.07, 6.45) is 1.35. The molecule has 0 aliphatic carbocycles. The van der Waals surface area contributed by atoms with Gasteiger partial charge in [-0.2, -0.15) is 0 Å². The standard InChI is InChI=1S/C29H26ClN3O5/c1-16-5-8-21(11-18(16)3)31-26(34)15-38-25-10-7-20(14-24(25)30)13-23-27(35)32-29(37)33(28(23)36)22-9-6-17(2)19(4)12-22/h5-14H,15H2,1-4H3,(H,31,34)(H,32,35,37)/b23-13-. The number of aryl methyl sites for hydroxylation is 4. The van der Waals surface area contributed by atoms with Crippen LogP contribution in [0.4, 0.5) is 16.2 Å². The van der Waals surface area contributed by atoms with Crippen LogP contribution in [0.2, 0.25) is 5.02 Å². The minimum atomic E-state index is -0.818. The first kappa shape index (κ1) is 26.6. The van der Waals surface area contributed by atoms with Crippen molar-refractivity contribution < 1.29 is 23.9 Å². The first-order chi connectivity index (χ1) is 18.0. The molecule has 0 bridgehead atoms. The van der Waals surface area contributed by atoms with Crippen LogP contribution in [0.25, 0.3) is 6.08 Å². The monoisotopic (exact) mass is 531 g/mol. The molecule has 1 aliphatic heterocycles. The Morgan fingerprint density at radius 3 is 2.26 bits per heavy atom. The molecule has 0 spiro atoms. The van der Waals surface area contributed by atoms with E-state index in [0.717, 1.165) is 27.2 Å². The number of hydrogen-bond acceptors (Lipinski definition) is 5. The lowest BCUT2D eigenvalue weighted by Crippen LogP contribution is -2.54. The molecule has 2 N–H and O–H groups in total. The topological polar surface area (TPSA) is 105 Å². The molecule has 1 saturated heterocycles. The van der Waals surface area contributed by atoms with E-state index in [2.05, 4.69) is 10.6 Å². The highest BCUT2D eigenvalue weighted by Crippen LogP contribution is 2.28. The maximum atomic E-state index is 13.1. The Hall–Kier alpha value is -4.43. The third kappa shape index (κ3) is 5.76. The van der Waals surface area contributed by atoms with Crippen molar-refractivity contribution in [3.63, 3.8) is 0 Å². The first-order valence-corrected chi connectivity index (χ1v) is 12.2. The summed E-state index contributed by atoms with van der Waals surface area (Å²) in [4.78, 5) is 51.3. The average Bonchev–Trinajstić information content (AvgIpc) is 2.85. The second kappa shape index (κ2) is 10.9. The second-order valence-corrected chi connectivity index (χ2v) is 9.46. The number of imide groups is 2. The largest absolute Gasteiger partial charge is 0.482 e. The lowest BCUT2D eigenvalue weighted by molar-refractivity contribution is -0.122. The van der Waals surface area contributed by atoms with Crippen LogP contribution >= 0.6 is 11.6 Å². The van der Waals surface area contributed by atoms with Crippen molar-refractivity contribution in [2.24, 2.45) is 0 Å². The molecule has 9 heteroatoms. The normalized spacial score (nSPS) is 14.5. The number of nitrogens with zero attached hydrogens (tertiary/aromatic N) is 1. The van der Waals surface area contributed by atoms with Gasteiger partial charge in [-0.15, -0.1) is 0 Å². The van der Waals surface area contributed by atoms with Gasteiger partial charge in [-0.1, -0.05) is 29.8 Å². The number of halogens is 1. The SMILES string of the molecule is Cc1ccc(NC(=O)COc2ccc(/C=C3/C(=O)NC(=O)N(c4ccc(C)c(C)c4)C3=O)cc2Cl)cc1C. The maximum absolute atomic E-state index is 13.1. The van der Waals surface area contributed by atoms with E-state index in [4.69, 9.17) is 16.3 Å². The summed E-state index contributed by atoms with van der Waals surface area (Å²) in [6, 6.07) is 14.6. The number of hydrogen-bond donors (Lipinski definition) is 2. The Balaban J connectivity index is 1.48. The van der Waals surface area contributed by atoms with Crippen LogP contribution in [0, 0.1) is 27.7 Å². The number of benzene rings is 3. The fraction of sp³-hybridized carbons (Fsp3) is 0.172. The Morgan fingerprint density at radius 1 is 0.921 bits per heavy atom. The number of carbonyl (C=O) groups excluding carboxylic acids is 4. The number of urea groups is 1. The van der Waals surface area contributed by atoms with Crippen LogP contribution in [0.5, 0.6) is 5.75 Å². The van der Waals surface area contributed by atoms with E-state index in [1.165, 1.54) is 18.2 Å². The number of rotatable bonds is 6. The van der Waals surface area contributed by atoms with Crippen molar-refractivity contribution in [1.82, 2.24) is 5.32 Å². The van der Waals surface area contributed by atoms with Gasteiger partial charge >= 0.3 is 6.03 Å². The van der Waals surface area contributed by atoms with E-state index < -0.39 is 17.8 Å². The molecule has 1 aliphatic rings. The van der Waals surface area contributed by atoms with Crippen LogP contribution in [0.15, 0.2) is 60.2 Å². The molecule has 8 nitrogen and oxygen atoms in total. The van der Waals surface area contributed by atoms with Gasteiger partial charge in [0.2, 0.25) is 0 Å². The lowest BCUT2D eigenvalue weighted by Gasteiger charge is -2.26. The average molecular weight is 532 g/mol. The first-order valence-electron chi connectivity index (χ1n) is 11.8. The molecule has 3 aromatic carbocycles. The van der Waals surface area contributed by atoms with E-state index in [0.29, 0.717) is 16.9 Å². The van der Waals surface area contributed by atoms with Gasteiger partial charge in [-0.25, -0.2) is 9.69 Å². The van der Waals surface area contributed by atoms with Gasteiger partial charge in [0.05, 0.1) is 10.7 Å². The number of carbonyl (C=O) groups is 4. The van der Waals surface area contributed by atoms with Crippen molar-refractivity contribution in [3.8, 4) is 5.75 Å². The van der Waals surface area contributed by atoms with Gasteiger partial charge in [0.1, 0.15) is 11.3 Å². The lowest BCUT2D eigenvalue weighted by atomic mass is 10.0. The molecule has 0 unspecified atom stereocenters. The number of amides is 5. The zero-order chi connectivity index (χ0) is 27.6.